The van der Waals surface area contributed by atoms with E-state index in [1.807, 2.05) is 6.07 Å². The average molecular weight is 222 g/mol. The molecular formula is C11H14N2O3. The van der Waals surface area contributed by atoms with Crippen molar-refractivity contribution in [1.29, 1.82) is 5.26 Å². The zero-order valence-electron chi connectivity index (χ0n) is 9.53. The third-order valence-corrected chi connectivity index (χ3v) is 2.61. The van der Waals surface area contributed by atoms with Crippen LogP contribution in [0.1, 0.15) is 20.8 Å². The molecule has 0 spiro atoms. The number of nitriles is 1. The molecule has 0 aliphatic carbocycles. The van der Waals surface area contributed by atoms with E-state index < -0.39 is 23.7 Å². The van der Waals surface area contributed by atoms with E-state index in [0.29, 0.717) is 11.3 Å². The Kier molecular flexibility index (Phi) is 3.67. The lowest BCUT2D eigenvalue weighted by Crippen LogP contribution is -2.44. The third kappa shape index (κ3) is 2.06. The zero-order chi connectivity index (χ0) is 12.3. The predicted molar refractivity (Wildman–Crippen MR) is 55.7 cm³/mol. The lowest BCUT2D eigenvalue weighted by molar-refractivity contribution is -0.153. The Balaban J connectivity index is 3.02. The third-order valence-electron chi connectivity index (χ3n) is 2.61. The highest BCUT2D eigenvalue weighted by Gasteiger charge is 2.39. The summed E-state index contributed by atoms with van der Waals surface area (Å²) < 4.78 is 4.82. The van der Waals surface area contributed by atoms with Crippen molar-refractivity contribution in [1.82, 2.24) is 5.32 Å². The van der Waals surface area contributed by atoms with Crippen molar-refractivity contribution < 1.29 is 14.3 Å². The fourth-order valence-electron chi connectivity index (χ4n) is 1.79. The van der Waals surface area contributed by atoms with E-state index >= 15 is 0 Å². The number of nitrogens with one attached hydrogen (secondary N) is 1. The van der Waals surface area contributed by atoms with Gasteiger partial charge < -0.3 is 10.1 Å². The smallest absolute Gasteiger partial charge is 0.319 e. The quantitative estimate of drug-likeness (QED) is 0.551. The first-order valence-corrected chi connectivity index (χ1v) is 5.11. The Bertz CT molecular complexity index is 393. The first kappa shape index (κ1) is 12.2. The van der Waals surface area contributed by atoms with Crippen LogP contribution in [0, 0.1) is 23.2 Å². The van der Waals surface area contributed by atoms with Gasteiger partial charge in [-0.1, -0.05) is 6.92 Å². The maximum atomic E-state index is 11.6. The van der Waals surface area contributed by atoms with Crippen LogP contribution in [0.5, 0.6) is 0 Å². The molecule has 0 radical (unpaired) electrons. The summed E-state index contributed by atoms with van der Waals surface area (Å²) in [5, 5.41) is 11.5. The number of hydrogen-bond donors (Lipinski definition) is 1. The largest absolute Gasteiger partial charge is 0.465 e. The number of hydrogen-bond acceptors (Lipinski definition) is 4. The summed E-state index contributed by atoms with van der Waals surface area (Å²) in [6, 6.07) is 2.01. The van der Waals surface area contributed by atoms with E-state index in [2.05, 4.69) is 5.32 Å². The minimum absolute atomic E-state index is 0.222. The first-order chi connectivity index (χ1) is 7.52. The van der Waals surface area contributed by atoms with Crippen LogP contribution in [-0.4, -0.2) is 18.5 Å². The standard InChI is InChI=1S/C11H14N2O3/c1-4-16-11(15)9-6(2)8(5-12)7(3)13-10(9)14/h6,9H,4H2,1-3H3,(H,13,14). The normalized spacial score (nSPS) is 24.8. The number of nitrogens with zero attached hydrogens (tertiary/aromatic N) is 1. The zero-order valence-corrected chi connectivity index (χ0v) is 9.53. The molecule has 1 aliphatic heterocycles. The molecule has 1 heterocycles. The molecule has 5 nitrogen and oxygen atoms in total. The second kappa shape index (κ2) is 4.79. The van der Waals surface area contributed by atoms with E-state index in [0.717, 1.165) is 0 Å². The van der Waals surface area contributed by atoms with Gasteiger partial charge in [-0.15, -0.1) is 0 Å². The van der Waals surface area contributed by atoms with Gasteiger partial charge in [0, 0.05) is 11.6 Å². The molecule has 5 heteroatoms. The van der Waals surface area contributed by atoms with Gasteiger partial charge in [0.2, 0.25) is 5.91 Å². The predicted octanol–water partition coefficient (Wildman–Crippen LogP) is 0.729. The molecule has 1 N–H and O–H groups in total. The fourth-order valence-corrected chi connectivity index (χ4v) is 1.79. The lowest BCUT2D eigenvalue weighted by atomic mass is 9.83. The van der Waals surface area contributed by atoms with Gasteiger partial charge in [-0.3, -0.25) is 9.59 Å². The number of allylic oxidation sites excluding steroid dienone is 2. The maximum absolute atomic E-state index is 11.6. The molecule has 1 aliphatic rings. The van der Waals surface area contributed by atoms with Crippen LogP contribution >= 0.6 is 0 Å². The van der Waals surface area contributed by atoms with Gasteiger partial charge in [0.05, 0.1) is 18.2 Å². The number of ether oxygens (including phenoxy) is 1. The number of rotatable bonds is 2. The second-order valence-corrected chi connectivity index (χ2v) is 3.66. The molecule has 1 rings (SSSR count). The molecule has 2 unspecified atom stereocenters. The molecule has 0 bridgehead atoms. The average Bonchev–Trinajstić information content (AvgIpc) is 2.17. The highest BCUT2D eigenvalue weighted by atomic mass is 16.5. The van der Waals surface area contributed by atoms with Crippen LogP contribution in [0.25, 0.3) is 0 Å². The minimum Gasteiger partial charge on any atom is -0.465 e. The van der Waals surface area contributed by atoms with Crippen molar-refractivity contribution in [2.45, 2.75) is 20.8 Å². The Labute approximate surface area is 94.1 Å². The van der Waals surface area contributed by atoms with Crippen molar-refractivity contribution in [2.24, 2.45) is 11.8 Å². The highest BCUT2D eigenvalue weighted by Crippen LogP contribution is 2.27. The van der Waals surface area contributed by atoms with Gasteiger partial charge in [-0.2, -0.15) is 5.26 Å². The van der Waals surface area contributed by atoms with E-state index in [9.17, 15) is 9.59 Å². The van der Waals surface area contributed by atoms with E-state index in [-0.39, 0.29) is 6.61 Å². The number of carbonyl (C=O) groups excluding carboxylic acids is 2. The maximum Gasteiger partial charge on any atom is 0.319 e. The van der Waals surface area contributed by atoms with Gasteiger partial charge in [0.1, 0.15) is 5.92 Å². The summed E-state index contributed by atoms with van der Waals surface area (Å²) in [5.74, 6) is -2.33. The van der Waals surface area contributed by atoms with Crippen LogP contribution in [0.4, 0.5) is 0 Å². The summed E-state index contributed by atoms with van der Waals surface area (Å²) in [6.45, 7) is 5.23. The molecule has 0 saturated heterocycles. The van der Waals surface area contributed by atoms with Gasteiger partial charge in [-0.05, 0) is 13.8 Å². The summed E-state index contributed by atoms with van der Waals surface area (Å²) in [5.41, 5.74) is 0.943. The topological polar surface area (TPSA) is 79.2 Å². The molecule has 16 heavy (non-hydrogen) atoms. The number of carbonyl (C=O) groups is 2. The lowest BCUT2D eigenvalue weighted by Gasteiger charge is -2.27. The van der Waals surface area contributed by atoms with E-state index in [1.54, 1.807) is 20.8 Å². The summed E-state index contributed by atoms with van der Waals surface area (Å²) in [6.07, 6.45) is 0. The van der Waals surface area contributed by atoms with Crippen molar-refractivity contribution in [2.75, 3.05) is 6.61 Å². The molecule has 86 valence electrons. The van der Waals surface area contributed by atoms with Gasteiger partial charge >= 0.3 is 5.97 Å². The molecule has 0 aromatic rings. The van der Waals surface area contributed by atoms with Crippen LogP contribution < -0.4 is 5.32 Å². The Hall–Kier alpha value is -1.83. The molecule has 0 aromatic heterocycles. The van der Waals surface area contributed by atoms with Crippen molar-refractivity contribution in [3.8, 4) is 6.07 Å². The summed E-state index contributed by atoms with van der Waals surface area (Å²) in [7, 11) is 0. The number of esters is 1. The molecule has 2 atom stereocenters. The minimum atomic E-state index is -0.918. The van der Waals surface area contributed by atoms with Gasteiger partial charge in [-0.25, -0.2) is 0 Å². The fraction of sp³-hybridized carbons (Fsp3) is 0.545. The van der Waals surface area contributed by atoms with Gasteiger partial charge in [0.15, 0.2) is 0 Å². The monoisotopic (exact) mass is 222 g/mol. The Morgan fingerprint density at radius 3 is 2.75 bits per heavy atom. The van der Waals surface area contributed by atoms with E-state index in [1.165, 1.54) is 0 Å². The van der Waals surface area contributed by atoms with E-state index in [4.69, 9.17) is 10.00 Å². The van der Waals surface area contributed by atoms with Crippen LogP contribution in [0.15, 0.2) is 11.3 Å². The number of amides is 1. The molecule has 0 saturated carbocycles. The molecule has 1 amide bonds. The highest BCUT2D eigenvalue weighted by molar-refractivity contribution is 6.00. The molecule has 0 aromatic carbocycles. The molecular weight excluding hydrogens is 208 g/mol. The van der Waals surface area contributed by atoms with Crippen LogP contribution in [0.3, 0.4) is 0 Å². The first-order valence-electron chi connectivity index (χ1n) is 5.11. The SMILES string of the molecule is CCOC(=O)C1C(=O)NC(C)=C(C#N)C1C. The van der Waals surface area contributed by atoms with Crippen molar-refractivity contribution >= 4 is 11.9 Å². The van der Waals surface area contributed by atoms with Crippen molar-refractivity contribution in [3.63, 3.8) is 0 Å². The summed E-state index contributed by atoms with van der Waals surface area (Å²) in [4.78, 5) is 23.2. The Morgan fingerprint density at radius 1 is 1.62 bits per heavy atom. The molecule has 0 fully saturated rings. The Morgan fingerprint density at radius 2 is 2.25 bits per heavy atom. The van der Waals surface area contributed by atoms with Crippen LogP contribution in [-0.2, 0) is 14.3 Å². The second-order valence-electron chi connectivity index (χ2n) is 3.66. The summed E-state index contributed by atoms with van der Waals surface area (Å²) >= 11 is 0. The van der Waals surface area contributed by atoms with Gasteiger partial charge in [0.25, 0.3) is 0 Å². The van der Waals surface area contributed by atoms with Crippen LogP contribution in [0.2, 0.25) is 0 Å². The van der Waals surface area contributed by atoms with Crippen molar-refractivity contribution in [3.05, 3.63) is 11.3 Å².